The Morgan fingerprint density at radius 3 is 1.54 bits per heavy atom. The van der Waals surface area contributed by atoms with E-state index in [2.05, 4.69) is 52.2 Å². The van der Waals surface area contributed by atoms with Gasteiger partial charge in [-0.1, -0.05) is 90.1 Å². The summed E-state index contributed by atoms with van der Waals surface area (Å²) in [6.45, 7) is 12.8. The Morgan fingerprint density at radius 2 is 1.13 bits per heavy atom. The lowest BCUT2D eigenvalue weighted by atomic mass is 9.87. The number of hydrogen-bond acceptors (Lipinski definition) is 4. The predicted molar refractivity (Wildman–Crippen MR) is 159 cm³/mol. The van der Waals surface area contributed by atoms with Gasteiger partial charge in [-0.05, 0) is 57.4 Å². The summed E-state index contributed by atoms with van der Waals surface area (Å²) in [5.74, 6) is -0.931. The Hall–Kier alpha value is -4.52. The molecule has 0 unspecified atom stereocenters. The molecule has 3 aromatic carbocycles. The van der Waals surface area contributed by atoms with Gasteiger partial charge in [0.25, 0.3) is 5.69 Å². The first-order valence-electron chi connectivity index (χ1n) is 12.7. The molecule has 0 aromatic heterocycles. The Balaban J connectivity index is 1.69. The van der Waals surface area contributed by atoms with Gasteiger partial charge in [0.05, 0.1) is 4.92 Å². The highest BCUT2D eigenvalue weighted by Crippen LogP contribution is 2.28. The number of nitro benzene ring substituents is 1. The number of rotatable bonds is 7. The minimum Gasteiger partial charge on any atom is -0.322 e. The number of benzene rings is 3. The second-order valence-electron chi connectivity index (χ2n) is 11.4. The van der Waals surface area contributed by atoms with Crippen LogP contribution >= 0.6 is 0 Å². The summed E-state index contributed by atoms with van der Waals surface area (Å²) >= 11 is 0. The van der Waals surface area contributed by atoms with Crippen molar-refractivity contribution in [2.75, 3.05) is 10.6 Å². The van der Waals surface area contributed by atoms with Crippen LogP contribution in [-0.4, -0.2) is 16.7 Å². The van der Waals surface area contributed by atoms with Crippen LogP contribution in [0, 0.1) is 10.1 Å². The SMILES string of the molecule is CC(C)(C)c1ccc(C=CC(=O)Nc2ccc([N+](=O)[O-])c(NC(=O)C=Cc3ccc(C(C)(C)C)cc3)c2)cc1. The lowest BCUT2D eigenvalue weighted by molar-refractivity contribution is -0.383. The minimum atomic E-state index is -0.586. The highest BCUT2D eigenvalue weighted by molar-refractivity contribution is 6.05. The van der Waals surface area contributed by atoms with Crippen molar-refractivity contribution in [3.8, 4) is 0 Å². The average Bonchev–Trinajstić information content (AvgIpc) is 2.85. The molecule has 2 N–H and O–H groups in total. The summed E-state index contributed by atoms with van der Waals surface area (Å²) in [5, 5.41) is 16.7. The van der Waals surface area contributed by atoms with Gasteiger partial charge in [0.2, 0.25) is 11.8 Å². The van der Waals surface area contributed by atoms with Crippen LogP contribution in [0.4, 0.5) is 17.1 Å². The number of hydrogen-bond donors (Lipinski definition) is 2. The molecule has 3 rings (SSSR count). The van der Waals surface area contributed by atoms with Crippen molar-refractivity contribution < 1.29 is 14.5 Å². The van der Waals surface area contributed by atoms with E-state index >= 15 is 0 Å². The maximum Gasteiger partial charge on any atom is 0.292 e. The van der Waals surface area contributed by atoms with Gasteiger partial charge in [0, 0.05) is 23.9 Å². The number of carbonyl (C=O) groups excluding carboxylic acids is 2. The van der Waals surface area contributed by atoms with Gasteiger partial charge in [0.15, 0.2) is 0 Å². The second kappa shape index (κ2) is 11.9. The van der Waals surface area contributed by atoms with Crippen molar-refractivity contribution in [3.63, 3.8) is 0 Å². The second-order valence-corrected chi connectivity index (χ2v) is 11.4. The third-order valence-corrected chi connectivity index (χ3v) is 6.13. The topological polar surface area (TPSA) is 101 Å². The summed E-state index contributed by atoms with van der Waals surface area (Å²) in [4.78, 5) is 36.0. The Labute approximate surface area is 229 Å². The predicted octanol–water partition coefficient (Wildman–Crippen LogP) is 7.49. The molecule has 0 heterocycles. The zero-order valence-corrected chi connectivity index (χ0v) is 23.2. The van der Waals surface area contributed by atoms with Crippen LogP contribution in [0.5, 0.6) is 0 Å². The van der Waals surface area contributed by atoms with Gasteiger partial charge in [-0.25, -0.2) is 0 Å². The van der Waals surface area contributed by atoms with Gasteiger partial charge in [-0.2, -0.15) is 0 Å². The Kier molecular flexibility index (Phi) is 8.86. The summed E-state index contributed by atoms with van der Waals surface area (Å²) in [7, 11) is 0. The fraction of sp³-hybridized carbons (Fsp3) is 0.250. The summed E-state index contributed by atoms with van der Waals surface area (Å²) in [6.07, 6.45) is 6.03. The van der Waals surface area contributed by atoms with Gasteiger partial charge in [-0.3, -0.25) is 19.7 Å². The molecule has 0 saturated heterocycles. The Bertz CT molecular complexity index is 1410. The Morgan fingerprint density at radius 1 is 0.692 bits per heavy atom. The van der Waals surface area contributed by atoms with Gasteiger partial charge in [-0.15, -0.1) is 0 Å². The molecule has 0 atom stereocenters. The molecule has 0 spiro atoms. The smallest absolute Gasteiger partial charge is 0.292 e. The molecule has 39 heavy (non-hydrogen) atoms. The molecule has 0 aliphatic rings. The van der Waals surface area contributed by atoms with Crippen LogP contribution in [0.15, 0.2) is 78.9 Å². The normalized spacial score (nSPS) is 12.1. The molecular weight excluding hydrogens is 490 g/mol. The molecule has 7 nitrogen and oxygen atoms in total. The monoisotopic (exact) mass is 525 g/mol. The quantitative estimate of drug-likeness (QED) is 0.189. The fourth-order valence-electron chi connectivity index (χ4n) is 3.76. The van der Waals surface area contributed by atoms with E-state index in [1.54, 1.807) is 12.2 Å². The zero-order chi connectivity index (χ0) is 28.8. The van der Waals surface area contributed by atoms with Crippen LogP contribution in [0.25, 0.3) is 12.2 Å². The molecule has 202 valence electrons. The molecule has 0 aliphatic carbocycles. The molecule has 2 amide bonds. The van der Waals surface area contributed by atoms with Gasteiger partial charge < -0.3 is 10.6 Å². The van der Waals surface area contributed by atoms with Crippen molar-refractivity contribution in [2.45, 2.75) is 52.4 Å². The van der Waals surface area contributed by atoms with Gasteiger partial charge in [0.1, 0.15) is 5.69 Å². The van der Waals surface area contributed by atoms with Crippen molar-refractivity contribution in [1.29, 1.82) is 0 Å². The molecule has 0 fully saturated rings. The van der Waals surface area contributed by atoms with E-state index in [9.17, 15) is 19.7 Å². The average molecular weight is 526 g/mol. The van der Waals surface area contributed by atoms with Crippen molar-refractivity contribution in [1.82, 2.24) is 0 Å². The highest BCUT2D eigenvalue weighted by Gasteiger charge is 2.17. The summed E-state index contributed by atoms with van der Waals surface area (Å²) in [6, 6.07) is 19.8. The molecule has 0 radical (unpaired) electrons. The summed E-state index contributed by atoms with van der Waals surface area (Å²) in [5.41, 5.74) is 4.14. The minimum absolute atomic E-state index is 0.0164. The van der Waals surface area contributed by atoms with E-state index in [0.29, 0.717) is 5.69 Å². The zero-order valence-electron chi connectivity index (χ0n) is 23.2. The molecule has 0 aliphatic heterocycles. The van der Waals surface area contributed by atoms with E-state index in [0.717, 1.165) is 11.1 Å². The van der Waals surface area contributed by atoms with Crippen LogP contribution in [0.2, 0.25) is 0 Å². The highest BCUT2D eigenvalue weighted by atomic mass is 16.6. The van der Waals surface area contributed by atoms with Gasteiger partial charge >= 0.3 is 0 Å². The lowest BCUT2D eigenvalue weighted by Gasteiger charge is -2.18. The van der Waals surface area contributed by atoms with E-state index in [4.69, 9.17) is 0 Å². The lowest BCUT2D eigenvalue weighted by Crippen LogP contribution is -2.12. The number of amides is 2. The fourth-order valence-corrected chi connectivity index (χ4v) is 3.76. The number of anilines is 2. The first-order chi connectivity index (χ1) is 18.2. The molecule has 3 aromatic rings. The van der Waals surface area contributed by atoms with E-state index < -0.39 is 16.7 Å². The van der Waals surface area contributed by atoms with E-state index in [-0.39, 0.29) is 22.2 Å². The third-order valence-electron chi connectivity index (χ3n) is 6.13. The number of nitrogens with zero attached hydrogens (tertiary/aromatic N) is 1. The maximum absolute atomic E-state index is 12.5. The maximum atomic E-state index is 12.5. The number of nitro groups is 1. The van der Waals surface area contributed by atoms with Crippen molar-refractivity contribution in [2.24, 2.45) is 0 Å². The third kappa shape index (κ3) is 8.50. The largest absolute Gasteiger partial charge is 0.322 e. The van der Waals surface area contributed by atoms with Crippen LogP contribution in [-0.2, 0) is 20.4 Å². The molecular formula is C32H35N3O4. The standard InChI is InChI=1S/C32H35N3O4/c1-31(2,3)24-13-7-22(8-14-24)11-19-29(36)33-26-17-18-28(35(38)39)27(21-26)34-30(37)20-12-23-9-15-25(16-10-23)32(4,5)6/h7-21H,1-6H3,(H,33,36)(H,34,37). The molecule has 0 saturated carbocycles. The number of carbonyl (C=O) groups is 2. The van der Waals surface area contributed by atoms with Crippen LogP contribution in [0.1, 0.15) is 63.8 Å². The first-order valence-corrected chi connectivity index (χ1v) is 12.7. The van der Waals surface area contributed by atoms with E-state index in [1.807, 2.05) is 48.5 Å². The van der Waals surface area contributed by atoms with Crippen molar-refractivity contribution >= 4 is 41.0 Å². The van der Waals surface area contributed by atoms with E-state index in [1.165, 1.54) is 41.5 Å². The summed E-state index contributed by atoms with van der Waals surface area (Å²) < 4.78 is 0. The molecule has 7 heteroatoms. The number of nitrogens with one attached hydrogen (secondary N) is 2. The van der Waals surface area contributed by atoms with Crippen molar-refractivity contribution in [3.05, 3.63) is 111 Å². The van der Waals surface area contributed by atoms with Crippen LogP contribution in [0.3, 0.4) is 0 Å². The molecule has 0 bridgehead atoms. The van der Waals surface area contributed by atoms with Crippen LogP contribution < -0.4 is 10.6 Å². The first kappa shape index (κ1) is 29.0.